The van der Waals surface area contributed by atoms with Crippen molar-refractivity contribution in [3.63, 3.8) is 0 Å². The molecule has 6 nitrogen and oxygen atoms in total. The first-order valence-electron chi connectivity index (χ1n) is 6.05. The number of carbonyl (C=O) groups excluding carboxylic acids is 2. The number of amides is 2. The van der Waals surface area contributed by atoms with E-state index in [-0.39, 0.29) is 18.4 Å². The highest BCUT2D eigenvalue weighted by Gasteiger charge is 2.28. The van der Waals surface area contributed by atoms with Crippen molar-refractivity contribution in [2.75, 3.05) is 32.5 Å². The lowest BCUT2D eigenvalue weighted by molar-refractivity contribution is -0.122. The van der Waals surface area contributed by atoms with Crippen LogP contribution < -0.4 is 11.1 Å². The molecule has 102 valence electrons. The van der Waals surface area contributed by atoms with Crippen LogP contribution in [0.5, 0.6) is 0 Å². The van der Waals surface area contributed by atoms with Gasteiger partial charge >= 0.3 is 0 Å². The Morgan fingerprint density at radius 1 is 1.53 bits per heavy atom. The molecule has 0 saturated heterocycles. The zero-order chi connectivity index (χ0) is 13.8. The molecule has 1 aliphatic rings. The summed E-state index contributed by atoms with van der Waals surface area (Å²) < 4.78 is 4.84. The minimum absolute atomic E-state index is 0.0527. The summed E-state index contributed by atoms with van der Waals surface area (Å²) in [5, 5.41) is 2.69. The van der Waals surface area contributed by atoms with Crippen molar-refractivity contribution in [1.82, 2.24) is 10.2 Å². The molecule has 0 bridgehead atoms. The molecule has 2 amide bonds. The fourth-order valence-electron chi connectivity index (χ4n) is 2.03. The second kappa shape index (κ2) is 5.71. The van der Waals surface area contributed by atoms with Crippen LogP contribution in [0.25, 0.3) is 0 Å². The number of benzene rings is 1. The van der Waals surface area contributed by atoms with Gasteiger partial charge in [-0.25, -0.2) is 0 Å². The second-order valence-electron chi connectivity index (χ2n) is 4.42. The number of hydrogen-bond donors (Lipinski definition) is 2. The third-order valence-electron chi connectivity index (χ3n) is 2.98. The van der Waals surface area contributed by atoms with Crippen LogP contribution in [0.1, 0.15) is 15.9 Å². The molecular formula is C13H17N3O3. The fourth-order valence-corrected chi connectivity index (χ4v) is 2.03. The Labute approximate surface area is 111 Å². The van der Waals surface area contributed by atoms with Crippen LogP contribution in [0.2, 0.25) is 0 Å². The summed E-state index contributed by atoms with van der Waals surface area (Å²) >= 11 is 0. The van der Waals surface area contributed by atoms with E-state index in [9.17, 15) is 9.59 Å². The maximum Gasteiger partial charge on any atom is 0.255 e. The number of rotatable bonds is 5. The van der Waals surface area contributed by atoms with Crippen LogP contribution in [0.3, 0.4) is 0 Å². The molecule has 0 saturated carbocycles. The van der Waals surface area contributed by atoms with Crippen molar-refractivity contribution in [2.24, 2.45) is 0 Å². The van der Waals surface area contributed by atoms with Gasteiger partial charge in [0.1, 0.15) is 6.54 Å². The average Bonchev–Trinajstić information content (AvgIpc) is 2.67. The number of methoxy groups -OCH3 is 1. The predicted octanol–water partition coefficient (Wildman–Crippen LogP) is -0.0128. The van der Waals surface area contributed by atoms with E-state index in [1.54, 1.807) is 19.2 Å². The fraction of sp³-hybridized carbons (Fsp3) is 0.385. The molecule has 3 N–H and O–H groups in total. The molecule has 6 heteroatoms. The highest BCUT2D eigenvalue weighted by atomic mass is 16.5. The molecule has 0 spiro atoms. The molecule has 0 radical (unpaired) electrons. The van der Waals surface area contributed by atoms with E-state index in [4.69, 9.17) is 10.5 Å². The van der Waals surface area contributed by atoms with E-state index in [2.05, 4.69) is 5.32 Å². The van der Waals surface area contributed by atoms with Crippen LogP contribution in [0.15, 0.2) is 18.2 Å². The Balaban J connectivity index is 1.94. The first-order chi connectivity index (χ1) is 9.11. The predicted molar refractivity (Wildman–Crippen MR) is 70.5 cm³/mol. The van der Waals surface area contributed by atoms with Gasteiger partial charge in [0, 0.05) is 31.5 Å². The smallest absolute Gasteiger partial charge is 0.255 e. The van der Waals surface area contributed by atoms with Crippen LogP contribution in [-0.4, -0.2) is 43.5 Å². The van der Waals surface area contributed by atoms with Gasteiger partial charge in [-0.1, -0.05) is 6.07 Å². The summed E-state index contributed by atoms with van der Waals surface area (Å²) in [7, 11) is 1.57. The molecule has 2 rings (SSSR count). The van der Waals surface area contributed by atoms with Crippen molar-refractivity contribution in [3.05, 3.63) is 29.3 Å². The maximum atomic E-state index is 12.1. The highest BCUT2D eigenvalue weighted by molar-refractivity contribution is 6.00. The van der Waals surface area contributed by atoms with Gasteiger partial charge in [-0.15, -0.1) is 0 Å². The number of fused-ring (bicyclic) bond motifs is 1. The van der Waals surface area contributed by atoms with Crippen molar-refractivity contribution in [1.29, 1.82) is 0 Å². The SMILES string of the molecule is COCCNC(=O)CN1Cc2ccc(N)cc2C1=O. The van der Waals surface area contributed by atoms with Gasteiger partial charge in [-0.2, -0.15) is 0 Å². The van der Waals surface area contributed by atoms with Crippen molar-refractivity contribution >= 4 is 17.5 Å². The summed E-state index contributed by atoms with van der Waals surface area (Å²) in [6, 6.07) is 5.24. The summed E-state index contributed by atoms with van der Waals surface area (Å²) in [4.78, 5) is 25.2. The van der Waals surface area contributed by atoms with E-state index < -0.39 is 0 Å². The Kier molecular flexibility index (Phi) is 4.01. The summed E-state index contributed by atoms with van der Waals surface area (Å²) in [5.41, 5.74) is 7.71. The third kappa shape index (κ3) is 3.03. The standard InChI is InChI=1S/C13H17N3O3/c1-19-5-4-15-12(17)8-16-7-9-2-3-10(14)6-11(9)13(16)18/h2-3,6H,4-5,7-8,14H2,1H3,(H,15,17). The number of ether oxygens (including phenoxy) is 1. The number of nitrogens with zero attached hydrogens (tertiary/aromatic N) is 1. The minimum Gasteiger partial charge on any atom is -0.399 e. The van der Waals surface area contributed by atoms with Gasteiger partial charge in [0.05, 0.1) is 6.61 Å². The zero-order valence-electron chi connectivity index (χ0n) is 10.8. The molecule has 0 aromatic heterocycles. The third-order valence-corrected chi connectivity index (χ3v) is 2.98. The first-order valence-corrected chi connectivity index (χ1v) is 6.05. The zero-order valence-corrected chi connectivity index (χ0v) is 10.8. The van der Waals surface area contributed by atoms with Crippen LogP contribution in [0, 0.1) is 0 Å². The quantitative estimate of drug-likeness (QED) is 0.578. The van der Waals surface area contributed by atoms with Crippen LogP contribution in [-0.2, 0) is 16.1 Å². The van der Waals surface area contributed by atoms with Crippen LogP contribution in [0.4, 0.5) is 5.69 Å². The van der Waals surface area contributed by atoms with Gasteiger partial charge in [-0.3, -0.25) is 9.59 Å². The number of anilines is 1. The normalized spacial score (nSPS) is 13.5. The summed E-state index contributed by atoms with van der Waals surface area (Å²) in [6.07, 6.45) is 0. The molecule has 1 aromatic carbocycles. The van der Waals surface area contributed by atoms with Gasteiger partial charge in [0.25, 0.3) is 5.91 Å². The minimum atomic E-state index is -0.189. The number of nitrogen functional groups attached to an aromatic ring is 1. The number of nitrogens with two attached hydrogens (primary N) is 1. The van der Waals surface area contributed by atoms with E-state index >= 15 is 0 Å². The van der Waals surface area contributed by atoms with Gasteiger partial charge in [-0.05, 0) is 17.7 Å². The molecule has 1 aromatic rings. The first kappa shape index (κ1) is 13.4. The summed E-state index contributed by atoms with van der Waals surface area (Å²) in [6.45, 7) is 1.40. The Hall–Kier alpha value is -2.08. The molecule has 0 unspecified atom stereocenters. The lowest BCUT2D eigenvalue weighted by atomic mass is 10.1. The molecule has 0 aliphatic carbocycles. The maximum absolute atomic E-state index is 12.1. The lowest BCUT2D eigenvalue weighted by Gasteiger charge is -2.14. The highest BCUT2D eigenvalue weighted by Crippen LogP contribution is 2.24. The molecule has 19 heavy (non-hydrogen) atoms. The molecular weight excluding hydrogens is 246 g/mol. The Morgan fingerprint density at radius 2 is 2.32 bits per heavy atom. The Bertz CT molecular complexity index is 502. The largest absolute Gasteiger partial charge is 0.399 e. The van der Waals surface area contributed by atoms with Crippen molar-refractivity contribution in [2.45, 2.75) is 6.54 Å². The molecule has 0 fully saturated rings. The van der Waals surface area contributed by atoms with Gasteiger partial charge in [0.2, 0.25) is 5.91 Å². The van der Waals surface area contributed by atoms with Gasteiger partial charge in [0.15, 0.2) is 0 Å². The van der Waals surface area contributed by atoms with E-state index in [1.165, 1.54) is 4.90 Å². The monoisotopic (exact) mass is 263 g/mol. The summed E-state index contributed by atoms with van der Waals surface area (Å²) in [5.74, 6) is -0.338. The van der Waals surface area contributed by atoms with Crippen molar-refractivity contribution < 1.29 is 14.3 Å². The van der Waals surface area contributed by atoms with E-state index in [0.29, 0.717) is 30.9 Å². The lowest BCUT2D eigenvalue weighted by Crippen LogP contribution is -2.38. The van der Waals surface area contributed by atoms with E-state index in [0.717, 1.165) is 5.56 Å². The molecule has 1 heterocycles. The number of hydrogen-bond acceptors (Lipinski definition) is 4. The molecule has 1 aliphatic heterocycles. The second-order valence-corrected chi connectivity index (χ2v) is 4.42. The number of carbonyl (C=O) groups is 2. The molecule has 0 atom stereocenters. The number of nitrogens with one attached hydrogen (secondary N) is 1. The van der Waals surface area contributed by atoms with Crippen LogP contribution >= 0.6 is 0 Å². The van der Waals surface area contributed by atoms with Crippen molar-refractivity contribution in [3.8, 4) is 0 Å². The average molecular weight is 263 g/mol. The topological polar surface area (TPSA) is 84.7 Å². The van der Waals surface area contributed by atoms with E-state index in [1.807, 2.05) is 6.07 Å². The Morgan fingerprint density at radius 3 is 3.05 bits per heavy atom. The van der Waals surface area contributed by atoms with Gasteiger partial charge < -0.3 is 20.7 Å².